The highest BCUT2D eigenvalue weighted by molar-refractivity contribution is 4.62. The lowest BCUT2D eigenvalue weighted by Gasteiger charge is -2.16. The van der Waals surface area contributed by atoms with Gasteiger partial charge in [0.05, 0.1) is 0 Å². The molecule has 235 valence electrons. The molecule has 0 bridgehead atoms. The summed E-state index contributed by atoms with van der Waals surface area (Å²) in [6.07, 6.45) is 51.1. The standard InChI is InChI=1S/C39H79/c1-4-7-10-12-14-16-18-20-22-24-26-28-30-32-34-37-39(36-9-6-3)38-35-33-31-29-27-25-23-21-19-17-15-13-11-8-5-2/h39H,3-38H2,1-2H3. The summed E-state index contributed by atoms with van der Waals surface area (Å²) in [5.41, 5.74) is 0. The van der Waals surface area contributed by atoms with E-state index in [9.17, 15) is 0 Å². The molecule has 0 amide bonds. The van der Waals surface area contributed by atoms with Crippen molar-refractivity contribution in [1.82, 2.24) is 0 Å². The molecule has 0 atom stereocenters. The smallest absolute Gasteiger partial charge is 0.0414 e. The lowest BCUT2D eigenvalue weighted by atomic mass is 9.90. The van der Waals surface area contributed by atoms with Crippen LogP contribution in [0.15, 0.2) is 0 Å². The van der Waals surface area contributed by atoms with Crippen LogP contribution in [0, 0.1) is 12.8 Å². The fraction of sp³-hybridized carbons (Fsp3) is 0.974. The third kappa shape index (κ3) is 34.1. The largest absolute Gasteiger partial charge is 0.0654 e. The van der Waals surface area contributed by atoms with Gasteiger partial charge in [0.25, 0.3) is 0 Å². The van der Waals surface area contributed by atoms with Crippen molar-refractivity contribution >= 4 is 0 Å². The Bertz CT molecular complexity index is 365. The van der Waals surface area contributed by atoms with Crippen LogP contribution in [-0.2, 0) is 0 Å². The van der Waals surface area contributed by atoms with E-state index in [1.165, 1.54) is 218 Å². The van der Waals surface area contributed by atoms with Crippen LogP contribution in [0.4, 0.5) is 0 Å². The van der Waals surface area contributed by atoms with Gasteiger partial charge < -0.3 is 0 Å². The molecule has 1 radical (unpaired) electrons. The molecule has 0 rings (SSSR count). The highest BCUT2D eigenvalue weighted by Crippen LogP contribution is 2.24. The highest BCUT2D eigenvalue weighted by atomic mass is 14.1. The van der Waals surface area contributed by atoms with Gasteiger partial charge in [0.15, 0.2) is 0 Å². The molecule has 0 nitrogen and oxygen atoms in total. The van der Waals surface area contributed by atoms with Crippen molar-refractivity contribution in [2.75, 3.05) is 0 Å². The fourth-order valence-corrected chi connectivity index (χ4v) is 6.47. The Hall–Kier alpha value is 0. The normalized spacial score (nSPS) is 11.7. The molecule has 39 heavy (non-hydrogen) atoms. The summed E-state index contributed by atoms with van der Waals surface area (Å²) in [5.74, 6) is 0.996. The molecule has 0 aromatic carbocycles. The molecule has 0 aromatic heterocycles. The third-order valence-electron chi connectivity index (χ3n) is 9.29. The molecule has 0 aromatic rings. The molecule has 0 N–H and O–H groups in total. The molecule has 0 aliphatic rings. The minimum atomic E-state index is 0.996. The van der Waals surface area contributed by atoms with E-state index >= 15 is 0 Å². The minimum Gasteiger partial charge on any atom is -0.0654 e. The van der Waals surface area contributed by atoms with E-state index in [2.05, 4.69) is 20.8 Å². The first-order chi connectivity index (χ1) is 19.3. The number of hydrogen-bond acceptors (Lipinski definition) is 0. The Kier molecular flexibility index (Phi) is 36.0. The summed E-state index contributed by atoms with van der Waals surface area (Å²) >= 11 is 0. The predicted octanol–water partition coefficient (Wildman–Crippen LogP) is 15.1. The van der Waals surface area contributed by atoms with Gasteiger partial charge in [-0.3, -0.25) is 0 Å². The molecular formula is C39H79. The molecule has 0 saturated heterocycles. The second kappa shape index (κ2) is 36.0. The van der Waals surface area contributed by atoms with Crippen molar-refractivity contribution < 1.29 is 0 Å². The maximum atomic E-state index is 4.11. The summed E-state index contributed by atoms with van der Waals surface area (Å²) < 4.78 is 0. The Labute approximate surface area is 251 Å². The first kappa shape index (κ1) is 39.0. The summed E-state index contributed by atoms with van der Waals surface area (Å²) in [6, 6.07) is 0. The van der Waals surface area contributed by atoms with Gasteiger partial charge in [-0.05, 0) is 5.92 Å². The Balaban J connectivity index is 3.45. The summed E-state index contributed by atoms with van der Waals surface area (Å²) in [7, 11) is 0. The van der Waals surface area contributed by atoms with Gasteiger partial charge in [0, 0.05) is 0 Å². The van der Waals surface area contributed by atoms with Gasteiger partial charge in [-0.1, -0.05) is 245 Å². The Morgan fingerprint density at radius 3 is 0.718 bits per heavy atom. The third-order valence-corrected chi connectivity index (χ3v) is 9.29. The van der Waals surface area contributed by atoms with Crippen LogP contribution >= 0.6 is 0 Å². The monoisotopic (exact) mass is 548 g/mol. The lowest BCUT2D eigenvalue weighted by Crippen LogP contribution is -2.01. The minimum absolute atomic E-state index is 0.996. The summed E-state index contributed by atoms with van der Waals surface area (Å²) in [4.78, 5) is 0. The van der Waals surface area contributed by atoms with Crippen LogP contribution < -0.4 is 0 Å². The molecule has 0 spiro atoms. The van der Waals surface area contributed by atoms with E-state index in [0.717, 1.165) is 12.3 Å². The van der Waals surface area contributed by atoms with Gasteiger partial charge in [0.2, 0.25) is 0 Å². The number of rotatable bonds is 35. The maximum absolute atomic E-state index is 4.11. The maximum Gasteiger partial charge on any atom is -0.0414 e. The van der Waals surface area contributed by atoms with Gasteiger partial charge >= 0.3 is 0 Å². The van der Waals surface area contributed by atoms with Crippen LogP contribution in [-0.4, -0.2) is 0 Å². The molecule has 0 heteroatoms. The molecule has 0 saturated carbocycles. The van der Waals surface area contributed by atoms with E-state index in [-0.39, 0.29) is 0 Å². The van der Waals surface area contributed by atoms with Gasteiger partial charge in [-0.2, -0.15) is 0 Å². The Morgan fingerprint density at radius 1 is 0.282 bits per heavy atom. The highest BCUT2D eigenvalue weighted by Gasteiger charge is 2.08. The van der Waals surface area contributed by atoms with Crippen LogP contribution in [0.25, 0.3) is 0 Å². The van der Waals surface area contributed by atoms with Crippen molar-refractivity contribution in [2.24, 2.45) is 5.92 Å². The summed E-state index contributed by atoms with van der Waals surface area (Å²) in [6.45, 7) is 8.73. The van der Waals surface area contributed by atoms with E-state index < -0.39 is 0 Å². The van der Waals surface area contributed by atoms with E-state index in [1.54, 1.807) is 0 Å². The fourth-order valence-electron chi connectivity index (χ4n) is 6.47. The Morgan fingerprint density at radius 2 is 0.487 bits per heavy atom. The van der Waals surface area contributed by atoms with Crippen LogP contribution in [0.2, 0.25) is 0 Å². The van der Waals surface area contributed by atoms with Crippen molar-refractivity contribution in [3.8, 4) is 0 Å². The average molecular weight is 548 g/mol. The van der Waals surface area contributed by atoms with Crippen LogP contribution in [0.1, 0.15) is 239 Å². The molecule has 0 fully saturated rings. The van der Waals surface area contributed by atoms with E-state index in [4.69, 9.17) is 0 Å². The average Bonchev–Trinajstić information content (AvgIpc) is 2.95. The number of hydrogen-bond donors (Lipinski definition) is 0. The van der Waals surface area contributed by atoms with Gasteiger partial charge in [0.1, 0.15) is 0 Å². The lowest BCUT2D eigenvalue weighted by molar-refractivity contribution is 0.372. The second-order valence-electron chi connectivity index (χ2n) is 13.3. The zero-order chi connectivity index (χ0) is 28.3. The zero-order valence-corrected chi connectivity index (χ0v) is 28.0. The first-order valence-electron chi connectivity index (χ1n) is 19.1. The molecular weight excluding hydrogens is 468 g/mol. The van der Waals surface area contributed by atoms with E-state index in [0.29, 0.717) is 0 Å². The summed E-state index contributed by atoms with van der Waals surface area (Å²) in [5, 5.41) is 0. The van der Waals surface area contributed by atoms with Gasteiger partial charge in [-0.15, -0.1) is 0 Å². The van der Waals surface area contributed by atoms with Gasteiger partial charge in [-0.25, -0.2) is 0 Å². The van der Waals surface area contributed by atoms with Crippen molar-refractivity contribution in [1.29, 1.82) is 0 Å². The predicted molar refractivity (Wildman–Crippen MR) is 182 cm³/mol. The molecule has 0 aliphatic carbocycles. The van der Waals surface area contributed by atoms with Crippen molar-refractivity contribution in [2.45, 2.75) is 239 Å². The SMILES string of the molecule is [CH2]CCCC(CCCCCCCCCCCCCCCCC)CCCCCCCCCCCCCCCCC. The van der Waals surface area contributed by atoms with Crippen LogP contribution in [0.5, 0.6) is 0 Å². The van der Waals surface area contributed by atoms with Crippen molar-refractivity contribution in [3.63, 3.8) is 0 Å². The van der Waals surface area contributed by atoms with E-state index in [1.807, 2.05) is 0 Å². The van der Waals surface area contributed by atoms with Crippen LogP contribution in [0.3, 0.4) is 0 Å². The van der Waals surface area contributed by atoms with Crippen molar-refractivity contribution in [3.05, 3.63) is 6.92 Å². The molecule has 0 heterocycles. The first-order valence-corrected chi connectivity index (χ1v) is 19.1. The molecule has 0 unspecified atom stereocenters. The zero-order valence-electron chi connectivity index (χ0n) is 28.0. The molecule has 0 aliphatic heterocycles. The quantitative estimate of drug-likeness (QED) is 0.0692. The second-order valence-corrected chi connectivity index (χ2v) is 13.3. The topological polar surface area (TPSA) is 0 Å². The number of unbranched alkanes of at least 4 members (excludes halogenated alkanes) is 29.